The van der Waals surface area contributed by atoms with Gasteiger partial charge in [-0.15, -0.1) is 0 Å². The van der Waals surface area contributed by atoms with Crippen molar-refractivity contribution in [1.82, 2.24) is 10.2 Å². The number of piperidine rings is 1. The molecule has 0 radical (unpaired) electrons. The molecule has 5 heteroatoms. The van der Waals surface area contributed by atoms with Crippen molar-refractivity contribution in [3.05, 3.63) is 0 Å². The zero-order valence-electron chi connectivity index (χ0n) is 11.1. The van der Waals surface area contributed by atoms with Crippen LogP contribution in [0, 0.1) is 5.41 Å². The van der Waals surface area contributed by atoms with Crippen molar-refractivity contribution in [2.45, 2.75) is 51.7 Å². The molecule has 2 amide bonds. The Morgan fingerprint density at radius 1 is 1.33 bits per heavy atom. The van der Waals surface area contributed by atoms with Gasteiger partial charge in [0.25, 0.3) is 0 Å². The average molecular weight is 254 g/mol. The van der Waals surface area contributed by atoms with E-state index in [9.17, 15) is 14.7 Å². The predicted molar refractivity (Wildman–Crippen MR) is 66.8 cm³/mol. The highest BCUT2D eigenvalue weighted by Gasteiger charge is 2.38. The lowest BCUT2D eigenvalue weighted by Gasteiger charge is -2.35. The first-order valence-corrected chi connectivity index (χ1v) is 6.62. The Bertz CT molecular complexity index is 330. The molecule has 2 N–H and O–H groups in total. The topological polar surface area (TPSA) is 69.6 Å². The fraction of sp³-hybridized carbons (Fsp3) is 0.846. The Balaban J connectivity index is 1.83. The maximum Gasteiger partial charge on any atom is 0.229 e. The third kappa shape index (κ3) is 3.53. The van der Waals surface area contributed by atoms with Gasteiger partial charge >= 0.3 is 0 Å². The van der Waals surface area contributed by atoms with Crippen LogP contribution in [0.2, 0.25) is 0 Å². The summed E-state index contributed by atoms with van der Waals surface area (Å²) in [4.78, 5) is 25.0. The van der Waals surface area contributed by atoms with Crippen LogP contribution in [0.3, 0.4) is 0 Å². The fourth-order valence-electron chi connectivity index (χ4n) is 2.28. The smallest absolute Gasteiger partial charge is 0.229 e. The zero-order valence-corrected chi connectivity index (χ0v) is 11.1. The molecule has 2 aliphatic rings. The lowest BCUT2D eigenvalue weighted by atomic mass is 9.81. The quantitative estimate of drug-likeness (QED) is 0.691. The van der Waals surface area contributed by atoms with Gasteiger partial charge in [-0.3, -0.25) is 14.5 Å². The summed E-state index contributed by atoms with van der Waals surface area (Å²) >= 11 is 0. The molecule has 0 spiro atoms. The molecule has 1 heterocycles. The molecule has 1 aliphatic heterocycles. The van der Waals surface area contributed by atoms with E-state index in [0.717, 1.165) is 12.8 Å². The van der Waals surface area contributed by atoms with E-state index in [1.54, 1.807) is 0 Å². The van der Waals surface area contributed by atoms with Crippen molar-refractivity contribution in [2.75, 3.05) is 13.1 Å². The predicted octanol–water partition coefficient (Wildman–Crippen LogP) is 0.274. The molecule has 5 nitrogen and oxygen atoms in total. The normalized spacial score (nSPS) is 25.4. The highest BCUT2D eigenvalue weighted by molar-refractivity contribution is 5.98. The van der Waals surface area contributed by atoms with E-state index in [1.165, 1.54) is 4.90 Å². The first-order valence-electron chi connectivity index (χ1n) is 6.62. The maximum atomic E-state index is 11.9. The Hall–Kier alpha value is -0.940. The lowest BCUT2D eigenvalue weighted by Crippen LogP contribution is -2.50. The van der Waals surface area contributed by atoms with Gasteiger partial charge in [-0.1, -0.05) is 13.8 Å². The van der Waals surface area contributed by atoms with Gasteiger partial charge in [0, 0.05) is 25.4 Å². The number of imide groups is 1. The van der Waals surface area contributed by atoms with Crippen LogP contribution < -0.4 is 5.32 Å². The number of rotatable bonds is 5. The van der Waals surface area contributed by atoms with E-state index in [0.29, 0.717) is 25.4 Å². The van der Waals surface area contributed by atoms with Crippen LogP contribution >= 0.6 is 0 Å². The van der Waals surface area contributed by atoms with Crippen LogP contribution in [0.25, 0.3) is 0 Å². The van der Waals surface area contributed by atoms with Crippen LogP contribution in [-0.2, 0) is 9.59 Å². The molecule has 1 saturated carbocycles. The molecule has 0 bridgehead atoms. The van der Waals surface area contributed by atoms with Crippen LogP contribution in [0.5, 0.6) is 0 Å². The number of nitrogens with zero attached hydrogens (tertiary/aromatic N) is 1. The Kier molecular flexibility index (Phi) is 3.73. The molecule has 0 aromatic heterocycles. The third-order valence-electron chi connectivity index (χ3n) is 3.47. The van der Waals surface area contributed by atoms with Crippen LogP contribution in [0.1, 0.15) is 39.5 Å². The number of carbonyl (C=O) groups excluding carboxylic acids is 2. The SMILES string of the molecule is CC1(C)CC(=O)N(CC(O)CNC2CC2)C(=O)C1. The molecular weight excluding hydrogens is 232 g/mol. The minimum absolute atomic E-state index is 0.119. The molecule has 0 aromatic rings. The molecule has 0 aromatic carbocycles. The first-order chi connectivity index (χ1) is 8.37. The van der Waals surface area contributed by atoms with E-state index in [2.05, 4.69) is 5.32 Å². The number of amides is 2. The van der Waals surface area contributed by atoms with E-state index < -0.39 is 6.10 Å². The van der Waals surface area contributed by atoms with E-state index in [4.69, 9.17) is 0 Å². The maximum absolute atomic E-state index is 11.9. The minimum Gasteiger partial charge on any atom is -0.390 e. The average Bonchev–Trinajstić information content (AvgIpc) is 3.03. The molecule has 1 unspecified atom stereocenters. The highest BCUT2D eigenvalue weighted by Crippen LogP contribution is 2.31. The largest absolute Gasteiger partial charge is 0.390 e. The zero-order chi connectivity index (χ0) is 13.3. The van der Waals surface area contributed by atoms with E-state index >= 15 is 0 Å². The summed E-state index contributed by atoms with van der Waals surface area (Å²) in [5.41, 5.74) is -0.248. The van der Waals surface area contributed by atoms with Gasteiger partial charge in [-0.2, -0.15) is 0 Å². The monoisotopic (exact) mass is 254 g/mol. The Morgan fingerprint density at radius 2 is 1.89 bits per heavy atom. The molecule has 1 saturated heterocycles. The van der Waals surface area contributed by atoms with Crippen molar-refractivity contribution < 1.29 is 14.7 Å². The number of β-amino-alcohol motifs (C(OH)–C–C–N with tert-alkyl or cyclic N) is 1. The highest BCUT2D eigenvalue weighted by atomic mass is 16.3. The minimum atomic E-state index is -0.667. The number of likely N-dealkylation sites (tertiary alicyclic amines) is 1. The van der Waals surface area contributed by atoms with Gasteiger partial charge in [-0.25, -0.2) is 0 Å². The summed E-state index contributed by atoms with van der Waals surface area (Å²) < 4.78 is 0. The summed E-state index contributed by atoms with van der Waals surface area (Å²) in [7, 11) is 0. The third-order valence-corrected chi connectivity index (χ3v) is 3.47. The first kappa shape index (κ1) is 13.5. The van der Waals surface area contributed by atoms with Crippen LogP contribution in [0.15, 0.2) is 0 Å². The van der Waals surface area contributed by atoms with Gasteiger partial charge in [0.05, 0.1) is 12.6 Å². The van der Waals surface area contributed by atoms with Crippen molar-refractivity contribution in [3.8, 4) is 0 Å². The van der Waals surface area contributed by atoms with Gasteiger partial charge in [0.1, 0.15) is 0 Å². The molecule has 102 valence electrons. The fourth-order valence-corrected chi connectivity index (χ4v) is 2.28. The summed E-state index contributed by atoms with van der Waals surface area (Å²) in [5.74, 6) is -0.330. The van der Waals surface area contributed by atoms with Gasteiger partial charge in [-0.05, 0) is 18.3 Å². The number of aliphatic hydroxyl groups excluding tert-OH is 1. The Labute approximate surface area is 108 Å². The molecule has 1 atom stereocenters. The van der Waals surface area contributed by atoms with E-state index in [-0.39, 0.29) is 23.8 Å². The van der Waals surface area contributed by atoms with Crippen molar-refractivity contribution in [1.29, 1.82) is 0 Å². The second-order valence-electron chi connectivity index (χ2n) is 6.25. The second kappa shape index (κ2) is 4.97. The molecule has 2 fully saturated rings. The summed E-state index contributed by atoms with van der Waals surface area (Å²) in [6.45, 7) is 4.41. The molecule has 1 aliphatic carbocycles. The van der Waals surface area contributed by atoms with Gasteiger partial charge in [0.15, 0.2) is 0 Å². The summed E-state index contributed by atoms with van der Waals surface area (Å²) in [6, 6.07) is 0.520. The number of hydrogen-bond donors (Lipinski definition) is 2. The number of aliphatic hydroxyl groups is 1. The molecule has 2 rings (SSSR count). The number of carbonyl (C=O) groups is 2. The lowest BCUT2D eigenvalue weighted by molar-refractivity contribution is -0.154. The van der Waals surface area contributed by atoms with Gasteiger partial charge in [0.2, 0.25) is 11.8 Å². The second-order valence-corrected chi connectivity index (χ2v) is 6.25. The Morgan fingerprint density at radius 3 is 2.39 bits per heavy atom. The molecule has 18 heavy (non-hydrogen) atoms. The van der Waals surface area contributed by atoms with Crippen molar-refractivity contribution >= 4 is 11.8 Å². The molecular formula is C13H22N2O3. The van der Waals surface area contributed by atoms with Gasteiger partial charge < -0.3 is 10.4 Å². The standard InChI is InChI=1S/C13H22N2O3/c1-13(2)5-11(17)15(12(18)6-13)8-10(16)7-14-9-3-4-9/h9-10,14,16H,3-8H2,1-2H3. The van der Waals surface area contributed by atoms with Crippen LogP contribution in [0.4, 0.5) is 0 Å². The van der Waals surface area contributed by atoms with E-state index in [1.807, 2.05) is 13.8 Å². The summed E-state index contributed by atoms with van der Waals surface area (Å²) in [5, 5.41) is 13.0. The number of nitrogens with one attached hydrogen (secondary N) is 1. The summed E-state index contributed by atoms with van der Waals surface area (Å²) in [6.07, 6.45) is 2.40. The van der Waals surface area contributed by atoms with Crippen molar-refractivity contribution in [2.24, 2.45) is 5.41 Å². The number of hydrogen-bond acceptors (Lipinski definition) is 4. The van der Waals surface area contributed by atoms with Crippen molar-refractivity contribution in [3.63, 3.8) is 0 Å². The van der Waals surface area contributed by atoms with Crippen LogP contribution in [-0.4, -0.2) is 47.1 Å².